The molecule has 13 nitrogen and oxygen atoms in total. The zero-order valence-electron chi connectivity index (χ0n) is 30.0. The van der Waals surface area contributed by atoms with Crippen molar-refractivity contribution in [2.24, 2.45) is 0 Å². The van der Waals surface area contributed by atoms with Crippen LogP contribution in [0.15, 0.2) is 66.9 Å². The van der Waals surface area contributed by atoms with Gasteiger partial charge >= 0.3 is 6.03 Å². The first kappa shape index (κ1) is 34.8. The normalized spacial score (nSPS) is 18.8. The first-order chi connectivity index (χ1) is 25.1. The molecule has 0 saturated carbocycles. The summed E-state index contributed by atoms with van der Waals surface area (Å²) in [5.74, 6) is 2.37. The number of nitrogens with one attached hydrogen (secondary N) is 2. The molecule has 3 aromatic heterocycles. The lowest BCUT2D eigenvalue weighted by Crippen LogP contribution is -2.38. The number of piperidine rings is 1. The van der Waals surface area contributed by atoms with Crippen molar-refractivity contribution in [1.82, 2.24) is 29.7 Å². The van der Waals surface area contributed by atoms with Crippen LogP contribution >= 0.6 is 0 Å². The van der Waals surface area contributed by atoms with Gasteiger partial charge in [-0.1, -0.05) is 45.0 Å². The van der Waals surface area contributed by atoms with Crippen LogP contribution in [0.1, 0.15) is 94.3 Å². The number of aliphatic hydroxyl groups excluding tert-OH is 1. The number of rotatable bonds is 9. The lowest BCUT2D eigenvalue weighted by molar-refractivity contribution is 0.171. The highest BCUT2D eigenvalue weighted by atomic mass is 16.5. The highest BCUT2D eigenvalue weighted by Gasteiger charge is 2.31. The molecule has 0 spiro atoms. The first-order valence-electron chi connectivity index (χ1n) is 18.0. The summed E-state index contributed by atoms with van der Waals surface area (Å²) in [5, 5.41) is 38.8. The monoisotopic (exact) mass is 703 g/mol. The quantitative estimate of drug-likeness (QED) is 0.154. The van der Waals surface area contributed by atoms with Gasteiger partial charge in [0, 0.05) is 30.1 Å². The summed E-state index contributed by atoms with van der Waals surface area (Å²) in [6.07, 6.45) is 6.67. The van der Waals surface area contributed by atoms with Crippen molar-refractivity contribution >= 4 is 23.4 Å². The number of aliphatic hydroxyl groups is 1. The number of hydrogen-bond acceptors (Lipinski definition) is 9. The highest BCUT2D eigenvalue weighted by molar-refractivity contribution is 5.89. The Morgan fingerprint density at radius 1 is 1.04 bits per heavy atom. The predicted octanol–water partition coefficient (Wildman–Crippen LogP) is 6.61. The van der Waals surface area contributed by atoms with Crippen LogP contribution in [0.25, 0.3) is 11.3 Å². The van der Waals surface area contributed by atoms with Crippen molar-refractivity contribution in [3.05, 3.63) is 89.2 Å². The van der Waals surface area contributed by atoms with Crippen LogP contribution in [0.3, 0.4) is 0 Å². The van der Waals surface area contributed by atoms with Gasteiger partial charge in [0.1, 0.15) is 36.1 Å². The second-order valence-electron chi connectivity index (χ2n) is 14.5. The fourth-order valence-electron chi connectivity index (χ4n) is 7.06. The third-order valence-electron chi connectivity index (χ3n) is 9.84. The molecule has 1 unspecified atom stereocenters. The van der Waals surface area contributed by atoms with Crippen molar-refractivity contribution in [2.75, 3.05) is 30.0 Å². The molecule has 2 aliphatic rings. The summed E-state index contributed by atoms with van der Waals surface area (Å²) in [6, 6.07) is 20.8. The zero-order chi connectivity index (χ0) is 36.4. The SMILES string of the molecule is C[C@H]1CCCCN1c1nnc2ccc(O[C@@H]3CCC(NC(=O)Nc4cc(C(C)(C)C)nn4-c4ccc(C#N)c(OCCO)c4)c4ccccc43)cn12. The minimum absolute atomic E-state index is 0.0447. The van der Waals surface area contributed by atoms with Crippen molar-refractivity contribution in [2.45, 2.75) is 83.4 Å². The summed E-state index contributed by atoms with van der Waals surface area (Å²) in [6.45, 7) is 9.21. The number of benzene rings is 2. The van der Waals surface area contributed by atoms with Gasteiger partial charge in [0.15, 0.2) is 5.65 Å². The molecule has 3 N–H and O–H groups in total. The van der Waals surface area contributed by atoms with E-state index in [2.05, 4.69) is 44.8 Å². The van der Waals surface area contributed by atoms with Gasteiger partial charge < -0.3 is 24.8 Å². The van der Waals surface area contributed by atoms with Gasteiger partial charge in [0.05, 0.1) is 35.8 Å². The maximum atomic E-state index is 13.7. The molecular formula is C39H45N9O4. The molecule has 4 heterocycles. The van der Waals surface area contributed by atoms with Crippen LogP contribution < -0.4 is 25.0 Å². The van der Waals surface area contributed by atoms with E-state index in [1.165, 1.54) is 6.42 Å². The second-order valence-corrected chi connectivity index (χ2v) is 14.5. The number of fused-ring (bicyclic) bond motifs is 2. The summed E-state index contributed by atoms with van der Waals surface area (Å²) in [4.78, 5) is 16.0. The van der Waals surface area contributed by atoms with Crippen molar-refractivity contribution in [3.63, 3.8) is 0 Å². The molecule has 0 bridgehead atoms. The molecule has 1 saturated heterocycles. The largest absolute Gasteiger partial charge is 0.490 e. The summed E-state index contributed by atoms with van der Waals surface area (Å²) in [7, 11) is 0. The number of nitrogens with zero attached hydrogens (tertiary/aromatic N) is 7. The summed E-state index contributed by atoms with van der Waals surface area (Å²) < 4.78 is 15.9. The Morgan fingerprint density at radius 2 is 1.87 bits per heavy atom. The smallest absolute Gasteiger partial charge is 0.320 e. The van der Waals surface area contributed by atoms with E-state index in [4.69, 9.17) is 14.6 Å². The van der Waals surface area contributed by atoms with Gasteiger partial charge in [-0.3, -0.25) is 9.72 Å². The number of hydrogen-bond donors (Lipinski definition) is 3. The van der Waals surface area contributed by atoms with Crippen molar-refractivity contribution in [3.8, 4) is 23.3 Å². The number of aromatic nitrogens is 5. The molecule has 1 aliphatic carbocycles. The van der Waals surface area contributed by atoms with E-state index in [0.717, 1.165) is 53.6 Å². The highest BCUT2D eigenvalue weighted by Crippen LogP contribution is 2.39. The topological polar surface area (TPSA) is 155 Å². The van der Waals surface area contributed by atoms with E-state index in [1.807, 2.05) is 67.8 Å². The van der Waals surface area contributed by atoms with Gasteiger partial charge in [-0.15, -0.1) is 10.2 Å². The Hall–Kier alpha value is -5.61. The van der Waals surface area contributed by atoms with Crippen LogP contribution in [-0.2, 0) is 5.41 Å². The lowest BCUT2D eigenvalue weighted by atomic mass is 9.85. The van der Waals surface area contributed by atoms with Crippen LogP contribution in [0.4, 0.5) is 16.6 Å². The lowest BCUT2D eigenvalue weighted by Gasteiger charge is -2.33. The Balaban J connectivity index is 1.10. The van der Waals surface area contributed by atoms with Crippen LogP contribution in [0.2, 0.25) is 0 Å². The average Bonchev–Trinajstić information content (AvgIpc) is 3.76. The Bertz CT molecular complexity index is 2110. The number of nitriles is 1. The third kappa shape index (κ3) is 7.11. The molecule has 1 fully saturated rings. The van der Waals surface area contributed by atoms with Gasteiger partial charge in [0.2, 0.25) is 5.95 Å². The van der Waals surface area contributed by atoms with E-state index < -0.39 is 0 Å². The molecule has 1 aliphatic heterocycles. The Morgan fingerprint density at radius 3 is 2.63 bits per heavy atom. The molecule has 7 rings (SSSR count). The standard InChI is InChI=1S/C39H45N9O4/c1-25-9-7-8-18-46(25)38-44-43-35-17-14-28(24-47(35)38)52-32-16-15-31(29-10-5-6-11-30(29)32)41-37(50)42-36-22-34(39(2,3)4)45-48(36)27-13-12-26(23-40)33(21-27)51-20-19-49/h5-6,10-14,17,21-22,24-25,31-32,49H,7-9,15-16,18-20H2,1-4H3,(H2,41,42,50)/t25-,31?,32+/m0/s1. The number of carbonyl (C=O) groups excluding carboxylic acids is 1. The number of anilines is 2. The molecule has 13 heteroatoms. The molecule has 270 valence electrons. The molecule has 2 amide bonds. The van der Waals surface area contributed by atoms with Crippen LogP contribution in [0, 0.1) is 11.3 Å². The summed E-state index contributed by atoms with van der Waals surface area (Å²) >= 11 is 0. The maximum Gasteiger partial charge on any atom is 0.320 e. The van der Waals surface area contributed by atoms with Crippen LogP contribution in [0.5, 0.6) is 11.5 Å². The second kappa shape index (κ2) is 14.6. The predicted molar refractivity (Wildman–Crippen MR) is 197 cm³/mol. The maximum absolute atomic E-state index is 13.7. The number of carbonyl (C=O) groups is 1. The number of pyridine rings is 1. The van der Waals surface area contributed by atoms with E-state index in [-0.39, 0.29) is 36.8 Å². The minimum Gasteiger partial charge on any atom is -0.490 e. The third-order valence-corrected chi connectivity index (χ3v) is 9.84. The summed E-state index contributed by atoms with van der Waals surface area (Å²) in [5.41, 5.74) is 4.22. The van der Waals surface area contributed by atoms with E-state index in [9.17, 15) is 15.2 Å². The van der Waals surface area contributed by atoms with Gasteiger partial charge in [-0.2, -0.15) is 10.4 Å². The molecule has 0 radical (unpaired) electrons. The molecule has 52 heavy (non-hydrogen) atoms. The Kier molecular flexibility index (Phi) is 9.75. The Labute approximate surface area is 303 Å². The molecule has 5 aromatic rings. The number of amides is 2. The van der Waals surface area contributed by atoms with Gasteiger partial charge in [-0.25, -0.2) is 9.48 Å². The number of urea groups is 1. The van der Waals surface area contributed by atoms with Crippen molar-refractivity contribution in [1.29, 1.82) is 5.26 Å². The fourth-order valence-corrected chi connectivity index (χ4v) is 7.06. The van der Waals surface area contributed by atoms with E-state index >= 15 is 0 Å². The first-order valence-corrected chi connectivity index (χ1v) is 18.0. The van der Waals surface area contributed by atoms with Crippen molar-refractivity contribution < 1.29 is 19.4 Å². The fraction of sp³-hybridized carbons (Fsp3) is 0.410. The average molecular weight is 704 g/mol. The van der Waals surface area contributed by atoms with Gasteiger partial charge in [0.25, 0.3) is 0 Å². The zero-order valence-corrected chi connectivity index (χ0v) is 30.0. The minimum atomic E-state index is -0.372. The molecule has 2 aromatic carbocycles. The van der Waals surface area contributed by atoms with Crippen LogP contribution in [-0.4, -0.2) is 61.3 Å². The van der Waals surface area contributed by atoms with E-state index in [0.29, 0.717) is 41.7 Å². The number of ether oxygens (including phenoxy) is 2. The molecular weight excluding hydrogens is 658 g/mol. The van der Waals surface area contributed by atoms with E-state index in [1.54, 1.807) is 22.9 Å². The van der Waals surface area contributed by atoms with Gasteiger partial charge in [-0.05, 0) is 74.4 Å². The molecule has 3 atom stereocenters.